The van der Waals surface area contributed by atoms with E-state index in [4.69, 9.17) is 23.2 Å². The van der Waals surface area contributed by atoms with Gasteiger partial charge in [-0.15, -0.1) is 0 Å². The van der Waals surface area contributed by atoms with Crippen LogP contribution in [-0.2, 0) is 0 Å². The molecule has 0 heterocycles. The summed E-state index contributed by atoms with van der Waals surface area (Å²) < 4.78 is 0. The molecular weight excluding hydrogens is 395 g/mol. The molecule has 0 radical (unpaired) electrons. The Morgan fingerprint density at radius 1 is 0.643 bits per heavy atom. The number of hydrogen-bond donors (Lipinski definition) is 2. The SMILES string of the molecule is Cc1cc(NC(=O)c2ccc(Cl)cc2)c(C)cc1NC(=O)c1ccc(Cl)cc1. The monoisotopic (exact) mass is 412 g/mol. The Balaban J connectivity index is 1.76. The Morgan fingerprint density at radius 3 is 1.29 bits per heavy atom. The number of nitrogens with one attached hydrogen (secondary N) is 2. The van der Waals surface area contributed by atoms with E-state index in [0.717, 1.165) is 11.1 Å². The van der Waals surface area contributed by atoms with Crippen LogP contribution in [0, 0.1) is 13.8 Å². The molecule has 0 saturated carbocycles. The summed E-state index contributed by atoms with van der Waals surface area (Å²) in [5.74, 6) is -0.450. The lowest BCUT2D eigenvalue weighted by atomic mass is 10.1. The summed E-state index contributed by atoms with van der Waals surface area (Å²) >= 11 is 11.7. The number of anilines is 2. The lowest BCUT2D eigenvalue weighted by Gasteiger charge is -2.14. The molecule has 3 aromatic carbocycles. The third-order valence-corrected chi connectivity index (χ3v) is 4.78. The van der Waals surface area contributed by atoms with Crippen molar-refractivity contribution < 1.29 is 9.59 Å². The summed E-state index contributed by atoms with van der Waals surface area (Å²) in [6.45, 7) is 3.74. The summed E-state index contributed by atoms with van der Waals surface area (Å²) in [5, 5.41) is 6.94. The zero-order valence-electron chi connectivity index (χ0n) is 15.3. The second kappa shape index (κ2) is 8.46. The molecule has 0 unspecified atom stereocenters. The molecule has 0 aliphatic rings. The predicted molar refractivity (Wildman–Crippen MR) is 115 cm³/mol. The van der Waals surface area contributed by atoms with Gasteiger partial charge >= 0.3 is 0 Å². The van der Waals surface area contributed by atoms with E-state index in [1.807, 2.05) is 26.0 Å². The number of hydrogen-bond acceptors (Lipinski definition) is 2. The second-order valence-electron chi connectivity index (χ2n) is 6.40. The molecule has 3 aromatic rings. The van der Waals surface area contributed by atoms with Crippen molar-refractivity contribution >= 4 is 46.4 Å². The quantitative estimate of drug-likeness (QED) is 0.542. The van der Waals surface area contributed by atoms with Crippen LogP contribution in [0.15, 0.2) is 60.7 Å². The van der Waals surface area contributed by atoms with E-state index in [-0.39, 0.29) is 11.8 Å². The van der Waals surface area contributed by atoms with Gasteiger partial charge in [-0.25, -0.2) is 0 Å². The van der Waals surface area contributed by atoms with Gasteiger partial charge in [0.2, 0.25) is 0 Å². The topological polar surface area (TPSA) is 58.2 Å². The average molecular weight is 413 g/mol. The first-order chi connectivity index (χ1) is 13.3. The molecule has 142 valence electrons. The fraction of sp³-hybridized carbons (Fsp3) is 0.0909. The van der Waals surface area contributed by atoms with Crippen LogP contribution in [0.5, 0.6) is 0 Å². The minimum absolute atomic E-state index is 0.225. The molecule has 0 aliphatic heterocycles. The van der Waals surface area contributed by atoms with Gasteiger partial charge in [0, 0.05) is 32.5 Å². The van der Waals surface area contributed by atoms with Gasteiger partial charge in [-0.3, -0.25) is 9.59 Å². The Morgan fingerprint density at radius 2 is 0.964 bits per heavy atom. The first-order valence-corrected chi connectivity index (χ1v) is 9.34. The van der Waals surface area contributed by atoms with E-state index in [9.17, 15) is 9.59 Å². The summed E-state index contributed by atoms with van der Waals surface area (Å²) in [7, 11) is 0. The lowest BCUT2D eigenvalue weighted by Crippen LogP contribution is -2.15. The zero-order chi connectivity index (χ0) is 20.3. The van der Waals surface area contributed by atoms with Crippen LogP contribution in [0.2, 0.25) is 10.0 Å². The smallest absolute Gasteiger partial charge is 0.255 e. The lowest BCUT2D eigenvalue weighted by molar-refractivity contribution is 0.101. The van der Waals surface area contributed by atoms with Gasteiger partial charge in [0.25, 0.3) is 11.8 Å². The van der Waals surface area contributed by atoms with Gasteiger partial charge in [0.1, 0.15) is 0 Å². The largest absolute Gasteiger partial charge is 0.322 e. The van der Waals surface area contributed by atoms with Crippen molar-refractivity contribution in [2.75, 3.05) is 10.6 Å². The highest BCUT2D eigenvalue weighted by Gasteiger charge is 2.12. The molecule has 28 heavy (non-hydrogen) atoms. The summed E-state index contributed by atoms with van der Waals surface area (Å²) in [6, 6.07) is 17.0. The van der Waals surface area contributed by atoms with Gasteiger partial charge in [-0.1, -0.05) is 23.2 Å². The third kappa shape index (κ3) is 4.71. The molecule has 0 fully saturated rings. The van der Waals surface area contributed by atoms with E-state index in [2.05, 4.69) is 10.6 Å². The number of carbonyl (C=O) groups is 2. The van der Waals surface area contributed by atoms with E-state index < -0.39 is 0 Å². The molecule has 0 bridgehead atoms. The van der Waals surface area contributed by atoms with E-state index >= 15 is 0 Å². The molecule has 0 spiro atoms. The van der Waals surface area contributed by atoms with Crippen molar-refractivity contribution in [3.05, 3.63) is 93.0 Å². The van der Waals surface area contributed by atoms with Crippen LogP contribution in [0.25, 0.3) is 0 Å². The molecule has 4 nitrogen and oxygen atoms in total. The number of halogens is 2. The molecule has 0 saturated heterocycles. The van der Waals surface area contributed by atoms with Crippen LogP contribution < -0.4 is 10.6 Å². The number of aryl methyl sites for hydroxylation is 2. The maximum Gasteiger partial charge on any atom is 0.255 e. The van der Waals surface area contributed by atoms with E-state index in [1.165, 1.54) is 0 Å². The summed E-state index contributed by atoms with van der Waals surface area (Å²) in [5.41, 5.74) is 4.06. The normalized spacial score (nSPS) is 10.4. The molecule has 2 amide bonds. The van der Waals surface area contributed by atoms with Gasteiger partial charge in [-0.05, 0) is 85.6 Å². The molecule has 0 aromatic heterocycles. The van der Waals surface area contributed by atoms with Crippen molar-refractivity contribution in [3.8, 4) is 0 Å². The molecule has 0 aliphatic carbocycles. The van der Waals surface area contributed by atoms with Gasteiger partial charge in [-0.2, -0.15) is 0 Å². The average Bonchev–Trinajstić information content (AvgIpc) is 2.66. The fourth-order valence-corrected chi connectivity index (χ4v) is 2.93. The van der Waals surface area contributed by atoms with Gasteiger partial charge in [0.15, 0.2) is 0 Å². The molecule has 2 N–H and O–H groups in total. The Kier molecular flexibility index (Phi) is 6.02. The second-order valence-corrected chi connectivity index (χ2v) is 7.28. The number of rotatable bonds is 4. The van der Waals surface area contributed by atoms with Crippen LogP contribution in [0.3, 0.4) is 0 Å². The van der Waals surface area contributed by atoms with E-state index in [0.29, 0.717) is 32.5 Å². The zero-order valence-corrected chi connectivity index (χ0v) is 16.9. The van der Waals surface area contributed by atoms with Crippen molar-refractivity contribution in [1.82, 2.24) is 0 Å². The highest BCUT2D eigenvalue weighted by atomic mass is 35.5. The van der Waals surface area contributed by atoms with Crippen LogP contribution in [0.4, 0.5) is 11.4 Å². The summed E-state index contributed by atoms with van der Waals surface area (Å²) in [6.07, 6.45) is 0. The number of carbonyl (C=O) groups excluding carboxylic acids is 2. The van der Waals surface area contributed by atoms with E-state index in [1.54, 1.807) is 48.5 Å². The van der Waals surface area contributed by atoms with Crippen molar-refractivity contribution in [1.29, 1.82) is 0 Å². The fourth-order valence-electron chi connectivity index (χ4n) is 2.68. The van der Waals surface area contributed by atoms with Gasteiger partial charge in [0.05, 0.1) is 0 Å². The van der Waals surface area contributed by atoms with Gasteiger partial charge < -0.3 is 10.6 Å². The standard InChI is InChI=1S/C22H18Cl2N2O2/c1-13-11-20(26-22(28)16-5-9-18(24)10-6-16)14(2)12-19(13)25-21(27)15-3-7-17(23)8-4-15/h3-12H,1-2H3,(H,25,27)(H,26,28). The maximum atomic E-state index is 12.4. The number of amides is 2. The molecule has 6 heteroatoms. The minimum atomic E-state index is -0.225. The Labute approximate surface area is 173 Å². The molecule has 3 rings (SSSR count). The Bertz CT molecular complexity index is 944. The Hall–Kier alpha value is -2.82. The van der Waals surface area contributed by atoms with Crippen LogP contribution in [-0.4, -0.2) is 11.8 Å². The number of benzene rings is 3. The molecule has 0 atom stereocenters. The maximum absolute atomic E-state index is 12.4. The predicted octanol–water partition coefficient (Wildman–Crippen LogP) is 6.11. The highest BCUT2D eigenvalue weighted by Crippen LogP contribution is 2.26. The highest BCUT2D eigenvalue weighted by molar-refractivity contribution is 6.31. The van der Waals surface area contributed by atoms with Crippen molar-refractivity contribution in [2.24, 2.45) is 0 Å². The third-order valence-electron chi connectivity index (χ3n) is 4.28. The van der Waals surface area contributed by atoms with Crippen molar-refractivity contribution in [3.63, 3.8) is 0 Å². The van der Waals surface area contributed by atoms with Crippen LogP contribution >= 0.6 is 23.2 Å². The first kappa shape index (κ1) is 19.9. The summed E-state index contributed by atoms with van der Waals surface area (Å²) in [4.78, 5) is 24.9. The first-order valence-electron chi connectivity index (χ1n) is 8.58. The van der Waals surface area contributed by atoms with Crippen LogP contribution in [0.1, 0.15) is 31.8 Å². The minimum Gasteiger partial charge on any atom is -0.322 e. The van der Waals surface area contributed by atoms with Crippen molar-refractivity contribution in [2.45, 2.75) is 13.8 Å². The molecular formula is C22H18Cl2N2O2.